The number of para-hydroxylation sites is 2. The standard InChI is InChI=1S/C25H27N3O5/c1-13(2)21(24-26-17-8-6-7-9-18(17)27-24)28-20(29)12-16-14(3)15-10-11-19(31-4)23(32-5)22(15)33-25(16)30/h6-11,13,21H,12H2,1-5H3,(H,26,27)(H,28,29)/t21-/m0/s1. The molecule has 0 bridgehead atoms. The van der Waals surface area contributed by atoms with Gasteiger partial charge in [0.2, 0.25) is 11.7 Å². The summed E-state index contributed by atoms with van der Waals surface area (Å²) in [5, 5.41) is 3.72. The Hall–Kier alpha value is -3.81. The molecule has 8 heteroatoms. The van der Waals surface area contributed by atoms with Gasteiger partial charge in [0.05, 0.1) is 43.3 Å². The van der Waals surface area contributed by atoms with Crippen LogP contribution in [0.15, 0.2) is 45.6 Å². The topological polar surface area (TPSA) is 106 Å². The van der Waals surface area contributed by atoms with Crippen LogP contribution in [0.1, 0.15) is 36.8 Å². The van der Waals surface area contributed by atoms with Crippen LogP contribution in [0.4, 0.5) is 0 Å². The number of benzene rings is 2. The Bertz CT molecular complexity index is 1350. The van der Waals surface area contributed by atoms with Crippen molar-refractivity contribution in [1.82, 2.24) is 15.3 Å². The van der Waals surface area contributed by atoms with E-state index in [1.165, 1.54) is 14.2 Å². The molecule has 0 aliphatic carbocycles. The van der Waals surface area contributed by atoms with E-state index in [1.54, 1.807) is 19.1 Å². The molecule has 8 nitrogen and oxygen atoms in total. The molecule has 1 atom stereocenters. The molecule has 0 saturated heterocycles. The highest BCUT2D eigenvalue weighted by Gasteiger charge is 2.24. The summed E-state index contributed by atoms with van der Waals surface area (Å²) in [4.78, 5) is 33.7. The van der Waals surface area contributed by atoms with E-state index >= 15 is 0 Å². The summed E-state index contributed by atoms with van der Waals surface area (Å²) >= 11 is 0. The van der Waals surface area contributed by atoms with Gasteiger partial charge < -0.3 is 24.2 Å². The van der Waals surface area contributed by atoms with Gasteiger partial charge in [0.25, 0.3) is 0 Å². The summed E-state index contributed by atoms with van der Waals surface area (Å²) in [5.41, 5.74) is 2.43. The number of nitrogens with one attached hydrogen (secondary N) is 2. The fourth-order valence-electron chi connectivity index (χ4n) is 4.03. The lowest BCUT2D eigenvalue weighted by molar-refractivity contribution is -0.121. The van der Waals surface area contributed by atoms with Gasteiger partial charge in [0.1, 0.15) is 5.82 Å². The second-order valence-corrected chi connectivity index (χ2v) is 8.28. The van der Waals surface area contributed by atoms with Gasteiger partial charge in [0, 0.05) is 5.39 Å². The van der Waals surface area contributed by atoms with E-state index in [9.17, 15) is 9.59 Å². The van der Waals surface area contributed by atoms with Crippen LogP contribution >= 0.6 is 0 Å². The number of imidazole rings is 1. The van der Waals surface area contributed by atoms with Gasteiger partial charge >= 0.3 is 5.63 Å². The SMILES string of the molecule is COc1ccc2c(C)c(CC(=O)N[C@H](c3nc4ccccc4[nH]3)C(C)C)c(=O)oc2c1OC. The molecule has 0 aliphatic rings. The second-order valence-electron chi connectivity index (χ2n) is 8.28. The fraction of sp³-hybridized carbons (Fsp3) is 0.320. The Morgan fingerprint density at radius 1 is 1.15 bits per heavy atom. The first-order valence-corrected chi connectivity index (χ1v) is 10.7. The number of hydrogen-bond acceptors (Lipinski definition) is 6. The van der Waals surface area contributed by atoms with Gasteiger partial charge in [-0.1, -0.05) is 26.0 Å². The van der Waals surface area contributed by atoms with Crippen LogP contribution in [0, 0.1) is 12.8 Å². The number of ether oxygens (including phenoxy) is 2. The molecule has 0 fully saturated rings. The molecule has 0 unspecified atom stereocenters. The fourth-order valence-corrected chi connectivity index (χ4v) is 4.03. The molecule has 33 heavy (non-hydrogen) atoms. The molecular weight excluding hydrogens is 422 g/mol. The molecule has 172 valence electrons. The molecular formula is C25H27N3O5. The third-order valence-electron chi connectivity index (χ3n) is 5.82. The minimum absolute atomic E-state index is 0.0837. The van der Waals surface area contributed by atoms with E-state index in [0.29, 0.717) is 39.4 Å². The zero-order valence-electron chi connectivity index (χ0n) is 19.3. The maximum absolute atomic E-state index is 13.0. The molecule has 0 saturated carbocycles. The van der Waals surface area contributed by atoms with Gasteiger partial charge in [-0.2, -0.15) is 0 Å². The van der Waals surface area contributed by atoms with Crippen molar-refractivity contribution in [1.29, 1.82) is 0 Å². The molecule has 4 aromatic rings. The van der Waals surface area contributed by atoms with Crippen LogP contribution in [0.3, 0.4) is 0 Å². The molecule has 0 radical (unpaired) electrons. The Morgan fingerprint density at radius 2 is 1.91 bits per heavy atom. The van der Waals surface area contributed by atoms with E-state index in [2.05, 4.69) is 15.3 Å². The van der Waals surface area contributed by atoms with E-state index in [0.717, 1.165) is 11.0 Å². The first-order valence-electron chi connectivity index (χ1n) is 10.7. The summed E-state index contributed by atoms with van der Waals surface area (Å²) in [6.45, 7) is 5.81. The molecule has 0 aliphatic heterocycles. The Labute approximate surface area is 190 Å². The van der Waals surface area contributed by atoms with E-state index in [4.69, 9.17) is 13.9 Å². The number of aromatic nitrogens is 2. The van der Waals surface area contributed by atoms with Crippen LogP contribution < -0.4 is 20.4 Å². The Kier molecular flexibility index (Phi) is 6.09. The maximum Gasteiger partial charge on any atom is 0.340 e. The Balaban J connectivity index is 1.64. The van der Waals surface area contributed by atoms with Gasteiger partial charge in [-0.3, -0.25) is 4.79 Å². The number of hydrogen-bond donors (Lipinski definition) is 2. The summed E-state index contributed by atoms with van der Waals surface area (Å²) < 4.78 is 16.2. The predicted octanol–water partition coefficient (Wildman–Crippen LogP) is 4.05. The number of methoxy groups -OCH3 is 2. The van der Waals surface area contributed by atoms with Gasteiger partial charge in [-0.25, -0.2) is 9.78 Å². The zero-order chi connectivity index (χ0) is 23.7. The first-order chi connectivity index (χ1) is 15.8. The van der Waals surface area contributed by atoms with Crippen LogP contribution in [0.5, 0.6) is 11.5 Å². The summed E-state index contributed by atoms with van der Waals surface area (Å²) in [7, 11) is 3.00. The summed E-state index contributed by atoms with van der Waals surface area (Å²) in [6.07, 6.45) is -0.109. The first kappa shape index (κ1) is 22.4. The number of H-pyrrole nitrogens is 1. The highest BCUT2D eigenvalue weighted by atomic mass is 16.5. The molecule has 2 aromatic heterocycles. The normalized spacial score (nSPS) is 12.3. The lowest BCUT2D eigenvalue weighted by Gasteiger charge is -2.20. The summed E-state index contributed by atoms with van der Waals surface area (Å²) in [5.74, 6) is 1.28. The number of carbonyl (C=O) groups excluding carboxylic acids is 1. The maximum atomic E-state index is 13.0. The van der Waals surface area contributed by atoms with Crippen molar-refractivity contribution in [2.75, 3.05) is 14.2 Å². The molecule has 1 amide bonds. The van der Waals surface area contributed by atoms with Crippen LogP contribution in [0.25, 0.3) is 22.0 Å². The third-order valence-corrected chi connectivity index (χ3v) is 5.82. The van der Waals surface area contributed by atoms with Crippen LogP contribution in [-0.2, 0) is 11.2 Å². The lowest BCUT2D eigenvalue weighted by Crippen LogP contribution is -2.34. The highest BCUT2D eigenvalue weighted by molar-refractivity contribution is 5.90. The van der Waals surface area contributed by atoms with Crippen LogP contribution in [0.2, 0.25) is 0 Å². The van der Waals surface area contributed by atoms with E-state index in [-0.39, 0.29) is 24.3 Å². The quantitative estimate of drug-likeness (QED) is 0.412. The number of nitrogens with zero attached hydrogens (tertiary/aromatic N) is 1. The average molecular weight is 450 g/mol. The van der Waals surface area contributed by atoms with E-state index < -0.39 is 5.63 Å². The number of carbonyl (C=O) groups is 1. The van der Waals surface area contributed by atoms with Crippen molar-refractivity contribution in [2.45, 2.75) is 33.2 Å². The largest absolute Gasteiger partial charge is 0.493 e. The Morgan fingerprint density at radius 3 is 2.58 bits per heavy atom. The summed E-state index contributed by atoms with van der Waals surface area (Å²) in [6, 6.07) is 10.9. The molecule has 0 spiro atoms. The van der Waals surface area contributed by atoms with Gasteiger partial charge in [-0.05, 0) is 42.7 Å². The minimum atomic E-state index is -0.577. The molecule has 2 aromatic carbocycles. The predicted molar refractivity (Wildman–Crippen MR) is 126 cm³/mol. The van der Waals surface area contributed by atoms with Crippen molar-refractivity contribution < 1.29 is 18.7 Å². The number of rotatable bonds is 7. The third kappa shape index (κ3) is 4.16. The van der Waals surface area contributed by atoms with Crippen molar-refractivity contribution >= 4 is 27.9 Å². The smallest absolute Gasteiger partial charge is 0.340 e. The number of aromatic amines is 1. The van der Waals surface area contributed by atoms with Crippen molar-refractivity contribution in [3.8, 4) is 11.5 Å². The number of fused-ring (bicyclic) bond motifs is 2. The van der Waals surface area contributed by atoms with Gasteiger partial charge in [0.15, 0.2) is 11.3 Å². The van der Waals surface area contributed by atoms with Gasteiger partial charge in [-0.15, -0.1) is 0 Å². The minimum Gasteiger partial charge on any atom is -0.493 e. The van der Waals surface area contributed by atoms with Crippen LogP contribution in [-0.4, -0.2) is 30.1 Å². The monoisotopic (exact) mass is 449 g/mol. The lowest BCUT2D eigenvalue weighted by atomic mass is 10.0. The number of amides is 1. The van der Waals surface area contributed by atoms with Crippen molar-refractivity contribution in [3.63, 3.8) is 0 Å². The second kappa shape index (κ2) is 8.97. The van der Waals surface area contributed by atoms with Crippen molar-refractivity contribution in [3.05, 3.63) is 63.8 Å². The van der Waals surface area contributed by atoms with E-state index in [1.807, 2.05) is 38.1 Å². The molecule has 2 N–H and O–H groups in total. The average Bonchev–Trinajstić information content (AvgIpc) is 3.23. The van der Waals surface area contributed by atoms with Crippen molar-refractivity contribution in [2.24, 2.45) is 5.92 Å². The highest BCUT2D eigenvalue weighted by Crippen LogP contribution is 2.36. The molecule has 2 heterocycles. The number of aryl methyl sites for hydroxylation is 1. The zero-order valence-corrected chi connectivity index (χ0v) is 19.3. The molecule has 4 rings (SSSR count).